The molecule has 2 aromatic rings. The van der Waals surface area contributed by atoms with Gasteiger partial charge in [0.05, 0.1) is 11.2 Å². The van der Waals surface area contributed by atoms with Crippen LogP contribution >= 0.6 is 11.6 Å². The minimum Gasteiger partial charge on any atom is -0.314 e. The van der Waals surface area contributed by atoms with E-state index in [4.69, 9.17) is 11.6 Å². The third-order valence-electron chi connectivity index (χ3n) is 2.59. The second-order valence-electron chi connectivity index (χ2n) is 4.18. The summed E-state index contributed by atoms with van der Waals surface area (Å²) < 4.78 is 2.05. The second-order valence-corrected chi connectivity index (χ2v) is 4.61. The molecule has 0 aliphatic rings. The average Bonchev–Trinajstić information content (AvgIpc) is 2.58. The van der Waals surface area contributed by atoms with Crippen molar-refractivity contribution in [3.05, 3.63) is 28.9 Å². The molecule has 86 valence electrons. The average molecular weight is 238 g/mol. The van der Waals surface area contributed by atoms with E-state index in [1.165, 1.54) is 5.69 Å². The molecule has 0 bridgehead atoms. The molecule has 1 aromatic carbocycles. The van der Waals surface area contributed by atoms with E-state index >= 15 is 0 Å². The maximum Gasteiger partial charge on any atom is 0.0927 e. The number of nitrogens with zero attached hydrogens (tertiary/aromatic N) is 2. The molecule has 0 aliphatic heterocycles. The van der Waals surface area contributed by atoms with E-state index < -0.39 is 0 Å². The van der Waals surface area contributed by atoms with E-state index in [1.807, 2.05) is 25.2 Å². The minimum atomic E-state index is 0.356. The van der Waals surface area contributed by atoms with E-state index in [2.05, 4.69) is 28.9 Å². The van der Waals surface area contributed by atoms with Gasteiger partial charge in [-0.05, 0) is 39.1 Å². The minimum absolute atomic E-state index is 0.356. The molecule has 2 rings (SSSR count). The fourth-order valence-corrected chi connectivity index (χ4v) is 2.07. The van der Waals surface area contributed by atoms with Crippen molar-refractivity contribution < 1.29 is 0 Å². The predicted molar refractivity (Wildman–Crippen MR) is 67.9 cm³/mol. The van der Waals surface area contributed by atoms with Gasteiger partial charge in [0.2, 0.25) is 0 Å². The van der Waals surface area contributed by atoms with E-state index in [-0.39, 0.29) is 0 Å². The highest BCUT2D eigenvalue weighted by Crippen LogP contribution is 2.24. The Bertz CT molecular complexity index is 502. The van der Waals surface area contributed by atoms with Crippen LogP contribution in [0.4, 0.5) is 0 Å². The highest BCUT2D eigenvalue weighted by atomic mass is 35.5. The number of aromatic nitrogens is 2. The number of fused-ring (bicyclic) bond motifs is 1. The van der Waals surface area contributed by atoms with Crippen LogP contribution in [0.5, 0.6) is 0 Å². The zero-order chi connectivity index (χ0) is 11.7. The zero-order valence-corrected chi connectivity index (χ0v) is 10.5. The van der Waals surface area contributed by atoms with Gasteiger partial charge in [-0.25, -0.2) is 0 Å². The third kappa shape index (κ3) is 1.93. The summed E-state index contributed by atoms with van der Waals surface area (Å²) in [5, 5.41) is 9.66. The number of hydrogen-bond donors (Lipinski definition) is 1. The van der Waals surface area contributed by atoms with Crippen LogP contribution in [-0.2, 0) is 6.54 Å². The highest BCUT2D eigenvalue weighted by Gasteiger charge is 2.12. The Morgan fingerprint density at radius 3 is 2.81 bits per heavy atom. The topological polar surface area (TPSA) is 29.9 Å². The smallest absolute Gasteiger partial charge is 0.0927 e. The molecule has 0 spiro atoms. The number of benzene rings is 1. The molecule has 4 heteroatoms. The van der Waals surface area contributed by atoms with Crippen LogP contribution in [0.15, 0.2) is 18.2 Å². The normalized spacial score (nSPS) is 11.6. The van der Waals surface area contributed by atoms with E-state index in [0.29, 0.717) is 6.04 Å². The van der Waals surface area contributed by atoms with E-state index in [1.54, 1.807) is 0 Å². The monoisotopic (exact) mass is 237 g/mol. The Labute approximate surface area is 100 Å². The second kappa shape index (κ2) is 4.44. The molecular formula is C12H16ClN3. The predicted octanol–water partition coefficient (Wildman–Crippen LogP) is 2.99. The van der Waals surface area contributed by atoms with Crippen molar-refractivity contribution in [2.75, 3.05) is 7.05 Å². The molecular weight excluding hydrogens is 222 g/mol. The fourth-order valence-electron chi connectivity index (χ4n) is 1.90. The lowest BCUT2D eigenvalue weighted by Crippen LogP contribution is -2.13. The molecule has 16 heavy (non-hydrogen) atoms. The van der Waals surface area contributed by atoms with Crippen molar-refractivity contribution in [3.63, 3.8) is 0 Å². The van der Waals surface area contributed by atoms with Crippen molar-refractivity contribution in [2.45, 2.75) is 26.4 Å². The lowest BCUT2D eigenvalue weighted by atomic mass is 10.2. The fraction of sp³-hybridized carbons (Fsp3) is 0.417. The van der Waals surface area contributed by atoms with E-state index in [0.717, 1.165) is 22.5 Å². The SMILES string of the molecule is CNCc1c2cc(Cl)ccc2nn1C(C)C. The highest BCUT2D eigenvalue weighted by molar-refractivity contribution is 6.31. The molecule has 0 aliphatic carbocycles. The molecule has 3 nitrogen and oxygen atoms in total. The molecule has 1 N–H and O–H groups in total. The Hall–Kier alpha value is -1.06. The lowest BCUT2D eigenvalue weighted by Gasteiger charge is -2.10. The zero-order valence-electron chi connectivity index (χ0n) is 9.79. The maximum absolute atomic E-state index is 6.02. The third-order valence-corrected chi connectivity index (χ3v) is 2.83. The number of halogens is 1. The first-order valence-corrected chi connectivity index (χ1v) is 5.82. The van der Waals surface area contributed by atoms with Gasteiger partial charge < -0.3 is 5.32 Å². The molecule has 0 saturated carbocycles. The summed E-state index contributed by atoms with van der Waals surface area (Å²) in [4.78, 5) is 0. The first-order chi connectivity index (χ1) is 7.63. The van der Waals surface area contributed by atoms with Crippen LogP contribution in [0.25, 0.3) is 10.9 Å². The Morgan fingerprint density at radius 2 is 2.19 bits per heavy atom. The molecule has 0 atom stereocenters. The summed E-state index contributed by atoms with van der Waals surface area (Å²) in [7, 11) is 1.94. The van der Waals surface area contributed by atoms with Crippen molar-refractivity contribution in [1.29, 1.82) is 0 Å². The van der Waals surface area contributed by atoms with Crippen molar-refractivity contribution in [1.82, 2.24) is 15.1 Å². The Kier molecular flexibility index (Phi) is 3.17. The number of rotatable bonds is 3. The summed E-state index contributed by atoms with van der Waals surface area (Å²) in [6, 6.07) is 6.19. The lowest BCUT2D eigenvalue weighted by molar-refractivity contribution is 0.507. The van der Waals surface area contributed by atoms with Crippen LogP contribution in [0.3, 0.4) is 0 Å². The quantitative estimate of drug-likeness (QED) is 0.890. The Morgan fingerprint density at radius 1 is 1.44 bits per heavy atom. The summed E-state index contributed by atoms with van der Waals surface area (Å²) in [5.74, 6) is 0. The van der Waals surface area contributed by atoms with Crippen LogP contribution in [0.2, 0.25) is 5.02 Å². The molecule has 1 aromatic heterocycles. The molecule has 1 heterocycles. The summed E-state index contributed by atoms with van der Waals surface area (Å²) in [6.45, 7) is 5.06. The van der Waals surface area contributed by atoms with Crippen molar-refractivity contribution in [3.8, 4) is 0 Å². The maximum atomic E-state index is 6.02. The van der Waals surface area contributed by atoms with Gasteiger partial charge in [-0.15, -0.1) is 0 Å². The van der Waals surface area contributed by atoms with Gasteiger partial charge in [-0.3, -0.25) is 4.68 Å². The van der Waals surface area contributed by atoms with Crippen molar-refractivity contribution in [2.24, 2.45) is 0 Å². The van der Waals surface area contributed by atoms with Gasteiger partial charge in [0.25, 0.3) is 0 Å². The van der Waals surface area contributed by atoms with Gasteiger partial charge in [-0.2, -0.15) is 5.10 Å². The Balaban J connectivity index is 2.67. The molecule has 0 unspecified atom stereocenters. The van der Waals surface area contributed by atoms with Gasteiger partial charge in [0.15, 0.2) is 0 Å². The first kappa shape index (κ1) is 11.4. The van der Waals surface area contributed by atoms with Crippen LogP contribution in [0, 0.1) is 0 Å². The van der Waals surface area contributed by atoms with Crippen LogP contribution < -0.4 is 5.32 Å². The number of nitrogens with one attached hydrogen (secondary N) is 1. The van der Waals surface area contributed by atoms with Gasteiger partial charge in [0, 0.05) is 23.0 Å². The van der Waals surface area contributed by atoms with Crippen LogP contribution in [0.1, 0.15) is 25.6 Å². The van der Waals surface area contributed by atoms with Crippen LogP contribution in [-0.4, -0.2) is 16.8 Å². The number of hydrogen-bond acceptors (Lipinski definition) is 2. The standard InChI is InChI=1S/C12H16ClN3/c1-8(2)16-12(7-14-3)10-6-9(13)4-5-11(10)15-16/h4-6,8,14H,7H2,1-3H3. The molecule has 0 saturated heterocycles. The first-order valence-electron chi connectivity index (χ1n) is 5.44. The van der Waals surface area contributed by atoms with E-state index in [9.17, 15) is 0 Å². The molecule has 0 radical (unpaired) electrons. The van der Waals surface area contributed by atoms with Crippen molar-refractivity contribution >= 4 is 22.5 Å². The van der Waals surface area contributed by atoms with Gasteiger partial charge in [-0.1, -0.05) is 11.6 Å². The van der Waals surface area contributed by atoms with Gasteiger partial charge >= 0.3 is 0 Å². The molecule has 0 fully saturated rings. The summed E-state index contributed by atoms with van der Waals surface area (Å²) in [6.07, 6.45) is 0. The largest absolute Gasteiger partial charge is 0.314 e. The van der Waals surface area contributed by atoms with Gasteiger partial charge in [0.1, 0.15) is 0 Å². The summed E-state index contributed by atoms with van der Waals surface area (Å²) in [5.41, 5.74) is 2.19. The summed E-state index contributed by atoms with van der Waals surface area (Å²) >= 11 is 6.02. The molecule has 0 amide bonds.